The number of thioether (sulfide) groups is 1. The third kappa shape index (κ3) is 6.04. The lowest BCUT2D eigenvalue weighted by Crippen LogP contribution is -2.70. The summed E-state index contributed by atoms with van der Waals surface area (Å²) in [5, 5.41) is 2.45. The summed E-state index contributed by atoms with van der Waals surface area (Å²) in [7, 11) is 1.58. The molecule has 2 atom stereocenters. The topological polar surface area (TPSA) is 97.8 Å². The lowest BCUT2D eigenvalue weighted by Gasteiger charge is -2.49. The number of hydrogen-bond acceptors (Lipinski definition) is 7. The molecule has 0 bridgehead atoms. The van der Waals surface area contributed by atoms with Gasteiger partial charge in [0.05, 0.1) is 19.2 Å². The minimum Gasteiger partial charge on any atom is -0.497 e. The molecule has 0 aliphatic carbocycles. The van der Waals surface area contributed by atoms with Crippen LogP contribution in [0, 0.1) is 0 Å². The van der Waals surface area contributed by atoms with Gasteiger partial charge in [0.1, 0.15) is 29.5 Å². The molecule has 3 heterocycles. The molecule has 3 aromatic rings. The molecule has 0 spiro atoms. The molecule has 1 N–H and O–H groups in total. The number of nitrogens with one attached hydrogen (secondary N) is 1. The van der Waals surface area contributed by atoms with Gasteiger partial charge in [-0.3, -0.25) is 19.5 Å². The molecular weight excluding hydrogens is 514 g/mol. The van der Waals surface area contributed by atoms with E-state index in [-0.39, 0.29) is 30.5 Å². The van der Waals surface area contributed by atoms with Crippen molar-refractivity contribution in [1.29, 1.82) is 0 Å². The first kappa shape index (κ1) is 26.2. The number of pyridine rings is 1. The summed E-state index contributed by atoms with van der Waals surface area (Å²) in [6, 6.07) is 21.4. The number of amides is 2. The maximum absolute atomic E-state index is 13.4. The van der Waals surface area contributed by atoms with E-state index in [0.717, 1.165) is 16.8 Å². The maximum atomic E-state index is 13.4. The first-order valence-electron chi connectivity index (χ1n) is 12.4. The number of allylic oxidation sites excluding steroid dienone is 1. The van der Waals surface area contributed by atoms with Gasteiger partial charge in [0.25, 0.3) is 5.91 Å². The zero-order valence-corrected chi connectivity index (χ0v) is 22.1. The summed E-state index contributed by atoms with van der Waals surface area (Å²) in [6.45, 7) is 0.0423. The van der Waals surface area contributed by atoms with Gasteiger partial charge in [-0.05, 0) is 47.0 Å². The van der Waals surface area contributed by atoms with Crippen LogP contribution in [-0.2, 0) is 32.1 Å². The van der Waals surface area contributed by atoms with Crippen LogP contribution >= 0.6 is 11.8 Å². The van der Waals surface area contributed by atoms with E-state index in [4.69, 9.17) is 9.47 Å². The Balaban J connectivity index is 1.34. The van der Waals surface area contributed by atoms with Gasteiger partial charge in [-0.25, -0.2) is 4.79 Å². The smallest absolute Gasteiger partial charge is 0.355 e. The molecule has 8 nitrogen and oxygen atoms in total. The van der Waals surface area contributed by atoms with Crippen LogP contribution in [0.5, 0.6) is 5.75 Å². The molecule has 39 heavy (non-hydrogen) atoms. The number of ether oxygens (including phenoxy) is 2. The molecule has 0 radical (unpaired) electrons. The van der Waals surface area contributed by atoms with Crippen LogP contribution < -0.4 is 10.1 Å². The van der Waals surface area contributed by atoms with Crippen molar-refractivity contribution in [2.45, 2.75) is 24.4 Å². The van der Waals surface area contributed by atoms with Crippen molar-refractivity contribution in [2.24, 2.45) is 0 Å². The van der Waals surface area contributed by atoms with Crippen molar-refractivity contribution in [1.82, 2.24) is 15.2 Å². The Hall–Kier alpha value is -4.37. The maximum Gasteiger partial charge on any atom is 0.355 e. The third-order valence-corrected chi connectivity index (χ3v) is 7.69. The number of esters is 1. The van der Waals surface area contributed by atoms with Crippen molar-refractivity contribution in [3.05, 3.63) is 113 Å². The van der Waals surface area contributed by atoms with Gasteiger partial charge in [-0.2, -0.15) is 0 Å². The summed E-state index contributed by atoms with van der Waals surface area (Å²) in [4.78, 5) is 45.0. The van der Waals surface area contributed by atoms with Gasteiger partial charge in [0.2, 0.25) is 5.91 Å². The Morgan fingerprint density at radius 2 is 1.79 bits per heavy atom. The zero-order valence-electron chi connectivity index (χ0n) is 21.3. The number of carbonyl (C=O) groups is 3. The number of methoxy groups -OCH3 is 1. The molecule has 1 unspecified atom stereocenters. The van der Waals surface area contributed by atoms with Crippen molar-refractivity contribution < 1.29 is 23.9 Å². The number of aromatic nitrogens is 1. The SMILES string of the molecule is COc1ccc(COC(=O)C2=C(/C=C/c3ccccn3)CS[C@@H]3C(NC(=O)Cc4ccccc4)C(=O)N23)cc1. The number of rotatable bonds is 9. The number of fused-ring (bicyclic) bond motifs is 1. The lowest BCUT2D eigenvalue weighted by molar-refractivity contribution is -0.153. The largest absolute Gasteiger partial charge is 0.497 e. The van der Waals surface area contributed by atoms with Crippen LogP contribution in [0.1, 0.15) is 16.8 Å². The molecular formula is C30H27N3O5S. The Bertz CT molecular complexity index is 1410. The molecule has 2 aliphatic heterocycles. The highest BCUT2D eigenvalue weighted by Crippen LogP contribution is 2.41. The summed E-state index contributed by atoms with van der Waals surface area (Å²) in [5.41, 5.74) is 3.23. The molecule has 9 heteroatoms. The summed E-state index contributed by atoms with van der Waals surface area (Å²) >= 11 is 1.50. The van der Waals surface area contributed by atoms with E-state index in [2.05, 4.69) is 10.3 Å². The number of β-lactam (4-membered cyclic amide) rings is 1. The van der Waals surface area contributed by atoms with Crippen molar-refractivity contribution >= 4 is 35.6 Å². The van der Waals surface area contributed by atoms with Crippen molar-refractivity contribution in [2.75, 3.05) is 12.9 Å². The van der Waals surface area contributed by atoms with E-state index in [1.807, 2.05) is 60.7 Å². The first-order valence-corrected chi connectivity index (χ1v) is 13.5. The molecule has 2 aliphatic rings. The second kappa shape index (κ2) is 12.0. The van der Waals surface area contributed by atoms with Gasteiger partial charge in [0, 0.05) is 11.9 Å². The van der Waals surface area contributed by atoms with Crippen molar-refractivity contribution in [3.63, 3.8) is 0 Å². The van der Waals surface area contributed by atoms with Crippen LogP contribution in [0.3, 0.4) is 0 Å². The average molecular weight is 542 g/mol. The normalized spacial score (nSPS) is 18.4. The minimum absolute atomic E-state index is 0.0423. The van der Waals surface area contributed by atoms with Gasteiger partial charge in [-0.15, -0.1) is 11.8 Å². The number of carbonyl (C=O) groups excluding carboxylic acids is 3. The molecule has 5 rings (SSSR count). The molecule has 1 aromatic heterocycles. The number of hydrogen-bond donors (Lipinski definition) is 1. The third-order valence-electron chi connectivity index (χ3n) is 6.39. The Labute approximate surface area is 230 Å². The number of nitrogens with zero attached hydrogens (tertiary/aromatic N) is 2. The van der Waals surface area contributed by atoms with Gasteiger partial charge in [0.15, 0.2) is 0 Å². The monoisotopic (exact) mass is 541 g/mol. The van der Waals surface area contributed by atoms with Gasteiger partial charge >= 0.3 is 5.97 Å². The molecule has 0 saturated carbocycles. The van der Waals surface area contributed by atoms with Crippen LogP contribution in [-0.4, -0.2) is 51.9 Å². The highest BCUT2D eigenvalue weighted by molar-refractivity contribution is 8.00. The zero-order chi connectivity index (χ0) is 27.2. The van der Waals surface area contributed by atoms with E-state index in [0.29, 0.717) is 17.1 Å². The van der Waals surface area contributed by atoms with Crippen LogP contribution in [0.25, 0.3) is 6.08 Å². The Morgan fingerprint density at radius 3 is 2.51 bits per heavy atom. The van der Waals surface area contributed by atoms with Gasteiger partial charge < -0.3 is 14.8 Å². The highest BCUT2D eigenvalue weighted by Gasteiger charge is 2.54. The predicted octanol–water partition coefficient (Wildman–Crippen LogP) is 3.74. The van der Waals surface area contributed by atoms with Crippen LogP contribution in [0.2, 0.25) is 0 Å². The highest BCUT2D eigenvalue weighted by atomic mass is 32.2. The Morgan fingerprint density at radius 1 is 1.03 bits per heavy atom. The van der Waals surface area contributed by atoms with Crippen LogP contribution in [0.4, 0.5) is 0 Å². The van der Waals surface area contributed by atoms with E-state index in [9.17, 15) is 14.4 Å². The van der Waals surface area contributed by atoms with E-state index in [1.165, 1.54) is 16.7 Å². The van der Waals surface area contributed by atoms with E-state index < -0.39 is 17.4 Å². The fourth-order valence-electron chi connectivity index (χ4n) is 4.37. The molecule has 2 aromatic carbocycles. The second-order valence-electron chi connectivity index (χ2n) is 9.00. The molecule has 1 saturated heterocycles. The summed E-state index contributed by atoms with van der Waals surface area (Å²) in [6.07, 6.45) is 5.46. The van der Waals surface area contributed by atoms with Crippen molar-refractivity contribution in [3.8, 4) is 5.75 Å². The Kier molecular flexibility index (Phi) is 8.07. The van der Waals surface area contributed by atoms with E-state index >= 15 is 0 Å². The first-order chi connectivity index (χ1) is 19.0. The standard InChI is InChI=1S/C30H27N3O5S/c1-37-24-14-10-21(11-15-24)18-38-30(36)27-22(12-13-23-9-5-6-16-31-23)19-39-29-26(28(35)33(27)29)32-25(34)17-20-7-3-2-4-8-20/h2-16,26,29H,17-19H2,1H3,(H,32,34)/b13-12+/t26?,29-/m1/s1. The minimum atomic E-state index is -0.711. The van der Waals surface area contributed by atoms with Gasteiger partial charge in [-0.1, -0.05) is 54.6 Å². The predicted molar refractivity (Wildman–Crippen MR) is 148 cm³/mol. The second-order valence-corrected chi connectivity index (χ2v) is 10.1. The molecule has 1 fully saturated rings. The lowest BCUT2D eigenvalue weighted by atomic mass is 10.0. The summed E-state index contributed by atoms with van der Waals surface area (Å²) in [5.74, 6) is -0.00915. The average Bonchev–Trinajstić information content (AvgIpc) is 2.98. The van der Waals surface area contributed by atoms with Crippen LogP contribution in [0.15, 0.2) is 96.3 Å². The quantitative estimate of drug-likeness (QED) is 0.326. The fourth-order valence-corrected chi connectivity index (χ4v) is 5.68. The molecule has 198 valence electrons. The fraction of sp³-hybridized carbons (Fsp3) is 0.200. The molecule has 2 amide bonds. The number of benzene rings is 2. The van der Waals surface area contributed by atoms with E-state index in [1.54, 1.807) is 37.6 Å². The summed E-state index contributed by atoms with van der Waals surface area (Å²) < 4.78 is 10.8.